The van der Waals surface area contributed by atoms with Crippen molar-refractivity contribution in [1.82, 2.24) is 5.32 Å². The van der Waals surface area contributed by atoms with Crippen molar-refractivity contribution < 1.29 is 19.7 Å². The molecule has 1 aliphatic heterocycles. The Kier molecular flexibility index (Phi) is 4.52. The van der Waals surface area contributed by atoms with Gasteiger partial charge in [-0.15, -0.1) is 0 Å². The van der Waals surface area contributed by atoms with Gasteiger partial charge < -0.3 is 20.3 Å². The van der Waals surface area contributed by atoms with Crippen LogP contribution < -0.4 is 10.1 Å². The van der Waals surface area contributed by atoms with Crippen LogP contribution in [0.3, 0.4) is 0 Å². The molecule has 1 aromatic carbocycles. The quantitative estimate of drug-likeness (QED) is 0.728. The van der Waals surface area contributed by atoms with E-state index in [1.807, 2.05) is 0 Å². The van der Waals surface area contributed by atoms with E-state index in [1.165, 1.54) is 0 Å². The summed E-state index contributed by atoms with van der Waals surface area (Å²) in [5.74, 6) is 0.567. The first-order valence-electron chi connectivity index (χ1n) is 6.44. The number of fused-ring (bicyclic) bond motifs is 1. The maximum absolute atomic E-state index is 11.8. The van der Waals surface area contributed by atoms with Crippen LogP contribution in [-0.4, -0.2) is 42.3 Å². The minimum absolute atomic E-state index is 0.0139. The molecule has 104 valence electrons. The van der Waals surface area contributed by atoms with Crippen LogP contribution >= 0.6 is 0 Å². The SMILES string of the molecule is CNCCC(O)C(O)c1ccc2c(c1)C(=O)CCO2. The van der Waals surface area contributed by atoms with Crippen molar-refractivity contribution in [2.75, 3.05) is 20.2 Å². The van der Waals surface area contributed by atoms with Crippen LogP contribution in [0.2, 0.25) is 0 Å². The Bertz CT molecular complexity index is 461. The van der Waals surface area contributed by atoms with Crippen molar-refractivity contribution >= 4 is 5.78 Å². The Labute approximate surface area is 112 Å². The number of carbonyl (C=O) groups excluding carboxylic acids is 1. The van der Waals surface area contributed by atoms with Crippen molar-refractivity contribution in [3.05, 3.63) is 29.3 Å². The lowest BCUT2D eigenvalue weighted by molar-refractivity contribution is 0.0139. The summed E-state index contributed by atoms with van der Waals surface area (Å²) in [5.41, 5.74) is 1.03. The fourth-order valence-corrected chi connectivity index (χ4v) is 2.14. The molecule has 0 saturated carbocycles. The molecular weight excluding hydrogens is 246 g/mol. The second-order valence-electron chi connectivity index (χ2n) is 4.68. The largest absolute Gasteiger partial charge is 0.492 e. The monoisotopic (exact) mass is 265 g/mol. The zero-order valence-corrected chi connectivity index (χ0v) is 10.9. The second-order valence-corrected chi connectivity index (χ2v) is 4.68. The number of hydrogen-bond acceptors (Lipinski definition) is 5. The molecule has 1 aromatic rings. The van der Waals surface area contributed by atoms with Crippen molar-refractivity contribution in [1.29, 1.82) is 0 Å². The summed E-state index contributed by atoms with van der Waals surface area (Å²) < 4.78 is 5.38. The zero-order valence-electron chi connectivity index (χ0n) is 10.9. The van der Waals surface area contributed by atoms with Crippen molar-refractivity contribution in [2.45, 2.75) is 25.0 Å². The first-order chi connectivity index (χ1) is 9.13. The number of hydrogen-bond donors (Lipinski definition) is 3. The molecule has 0 spiro atoms. The molecule has 0 amide bonds. The smallest absolute Gasteiger partial charge is 0.170 e. The van der Waals surface area contributed by atoms with E-state index in [1.54, 1.807) is 25.2 Å². The molecule has 2 unspecified atom stereocenters. The maximum Gasteiger partial charge on any atom is 0.170 e. The molecule has 0 fully saturated rings. The van der Waals surface area contributed by atoms with E-state index in [2.05, 4.69) is 5.32 Å². The van der Waals surface area contributed by atoms with Crippen LogP contribution in [0.25, 0.3) is 0 Å². The van der Waals surface area contributed by atoms with E-state index in [4.69, 9.17) is 4.74 Å². The average Bonchev–Trinajstić information content (AvgIpc) is 2.44. The van der Waals surface area contributed by atoms with Crippen LogP contribution in [0.1, 0.15) is 34.9 Å². The number of aliphatic hydroxyl groups is 2. The number of Topliss-reactive ketones (excluding diaryl/α,β-unsaturated/α-hetero) is 1. The molecule has 5 heteroatoms. The van der Waals surface area contributed by atoms with Gasteiger partial charge in [-0.2, -0.15) is 0 Å². The van der Waals surface area contributed by atoms with Gasteiger partial charge in [-0.1, -0.05) is 6.07 Å². The van der Waals surface area contributed by atoms with Gasteiger partial charge in [0.2, 0.25) is 0 Å². The molecule has 2 atom stereocenters. The molecule has 0 aromatic heterocycles. The van der Waals surface area contributed by atoms with Gasteiger partial charge in [0.05, 0.1) is 18.3 Å². The third-order valence-electron chi connectivity index (χ3n) is 3.29. The van der Waals surface area contributed by atoms with E-state index >= 15 is 0 Å². The number of aliphatic hydroxyl groups excluding tert-OH is 2. The summed E-state index contributed by atoms with van der Waals surface area (Å²) >= 11 is 0. The third kappa shape index (κ3) is 3.12. The van der Waals surface area contributed by atoms with Crippen LogP contribution in [0.4, 0.5) is 0 Å². The molecule has 1 aliphatic rings. The van der Waals surface area contributed by atoms with E-state index in [-0.39, 0.29) is 5.78 Å². The van der Waals surface area contributed by atoms with Gasteiger partial charge in [0, 0.05) is 6.42 Å². The molecule has 1 heterocycles. The minimum atomic E-state index is -0.992. The molecule has 0 aliphatic carbocycles. The number of benzene rings is 1. The maximum atomic E-state index is 11.8. The lowest BCUT2D eigenvalue weighted by Crippen LogP contribution is -2.24. The van der Waals surface area contributed by atoms with Gasteiger partial charge in [-0.3, -0.25) is 4.79 Å². The Morgan fingerprint density at radius 3 is 2.95 bits per heavy atom. The van der Waals surface area contributed by atoms with E-state index in [0.717, 1.165) is 0 Å². The number of ketones is 1. The third-order valence-corrected chi connectivity index (χ3v) is 3.29. The Morgan fingerprint density at radius 1 is 1.42 bits per heavy atom. The normalized spacial score (nSPS) is 17.5. The first-order valence-corrected chi connectivity index (χ1v) is 6.44. The number of carbonyl (C=O) groups is 1. The Morgan fingerprint density at radius 2 is 2.21 bits per heavy atom. The van der Waals surface area contributed by atoms with Crippen LogP contribution in [-0.2, 0) is 0 Å². The van der Waals surface area contributed by atoms with Crippen molar-refractivity contribution in [2.24, 2.45) is 0 Å². The summed E-state index contributed by atoms with van der Waals surface area (Å²) in [5, 5.41) is 22.9. The number of rotatable bonds is 5. The first kappa shape index (κ1) is 14.0. The molecule has 5 nitrogen and oxygen atoms in total. The second kappa shape index (κ2) is 6.14. The molecule has 0 bridgehead atoms. The van der Waals surface area contributed by atoms with E-state index in [9.17, 15) is 15.0 Å². The summed E-state index contributed by atoms with van der Waals surface area (Å²) in [7, 11) is 1.79. The number of ether oxygens (including phenoxy) is 1. The van der Waals surface area contributed by atoms with Gasteiger partial charge in [0.25, 0.3) is 0 Å². The van der Waals surface area contributed by atoms with E-state index < -0.39 is 12.2 Å². The topological polar surface area (TPSA) is 78.8 Å². The highest BCUT2D eigenvalue weighted by Crippen LogP contribution is 2.29. The van der Waals surface area contributed by atoms with Gasteiger partial charge in [-0.25, -0.2) is 0 Å². The van der Waals surface area contributed by atoms with Crippen molar-refractivity contribution in [3.63, 3.8) is 0 Å². The van der Waals surface area contributed by atoms with Gasteiger partial charge in [0.1, 0.15) is 11.9 Å². The summed E-state index contributed by atoms with van der Waals surface area (Å²) in [6.45, 7) is 1.02. The summed E-state index contributed by atoms with van der Waals surface area (Å²) in [4.78, 5) is 11.8. The molecule has 0 saturated heterocycles. The molecule has 0 radical (unpaired) electrons. The zero-order chi connectivity index (χ0) is 13.8. The highest BCUT2D eigenvalue weighted by molar-refractivity contribution is 5.99. The predicted molar refractivity (Wildman–Crippen MR) is 70.4 cm³/mol. The van der Waals surface area contributed by atoms with E-state index in [0.29, 0.717) is 42.9 Å². The number of nitrogens with one attached hydrogen (secondary N) is 1. The summed E-state index contributed by atoms with van der Waals surface area (Å²) in [6.07, 6.45) is -1.05. The standard InChI is InChI=1S/C14H19NO4/c1-15-6-4-12(17)14(18)9-2-3-13-10(8-9)11(16)5-7-19-13/h2-3,8,12,14-15,17-18H,4-7H2,1H3. The molecule has 3 N–H and O–H groups in total. The lowest BCUT2D eigenvalue weighted by Gasteiger charge is -2.21. The molecular formula is C14H19NO4. The highest BCUT2D eigenvalue weighted by Gasteiger charge is 2.23. The van der Waals surface area contributed by atoms with Crippen LogP contribution in [0.5, 0.6) is 5.75 Å². The van der Waals surface area contributed by atoms with Gasteiger partial charge in [0.15, 0.2) is 5.78 Å². The predicted octanol–water partition coefficient (Wildman–Crippen LogP) is 0.656. The molecule has 2 rings (SSSR count). The van der Waals surface area contributed by atoms with Gasteiger partial charge >= 0.3 is 0 Å². The van der Waals surface area contributed by atoms with Crippen LogP contribution in [0.15, 0.2) is 18.2 Å². The molecule has 19 heavy (non-hydrogen) atoms. The summed E-state index contributed by atoms with van der Waals surface area (Å²) in [6, 6.07) is 4.98. The fraction of sp³-hybridized carbons (Fsp3) is 0.500. The van der Waals surface area contributed by atoms with Crippen LogP contribution in [0, 0.1) is 0 Å². The lowest BCUT2D eigenvalue weighted by atomic mass is 9.96. The van der Waals surface area contributed by atoms with Gasteiger partial charge in [-0.05, 0) is 37.7 Å². The van der Waals surface area contributed by atoms with Crippen molar-refractivity contribution in [3.8, 4) is 5.75 Å². The Hall–Kier alpha value is -1.43. The minimum Gasteiger partial charge on any atom is -0.492 e. The average molecular weight is 265 g/mol. The fourth-order valence-electron chi connectivity index (χ4n) is 2.14. The highest BCUT2D eigenvalue weighted by atomic mass is 16.5. The Balaban J connectivity index is 2.16.